The zero-order valence-electron chi connectivity index (χ0n) is 14.1. The first-order valence-corrected chi connectivity index (χ1v) is 10.1. The van der Waals surface area contributed by atoms with Gasteiger partial charge in [0, 0.05) is 23.5 Å². The van der Waals surface area contributed by atoms with Crippen LogP contribution < -0.4 is 9.64 Å². The molecule has 1 aliphatic rings. The van der Waals surface area contributed by atoms with E-state index in [1.165, 1.54) is 11.8 Å². The highest BCUT2D eigenvalue weighted by Gasteiger charge is 2.21. The van der Waals surface area contributed by atoms with Crippen LogP contribution in [-0.4, -0.2) is 29.7 Å². The highest BCUT2D eigenvalue weighted by Crippen LogP contribution is 2.41. The van der Waals surface area contributed by atoms with Crippen LogP contribution in [0.5, 0.6) is 11.5 Å². The SMILES string of the molecule is O=COCSC(=S)c1cc(S)c(Oc2ccccc2)c(N2CCCC2)c1. The molecule has 0 N–H and O–H groups in total. The molecule has 3 rings (SSSR count). The number of thiol groups is 1. The summed E-state index contributed by atoms with van der Waals surface area (Å²) in [4.78, 5) is 13.3. The fourth-order valence-corrected chi connectivity index (χ4v) is 3.90. The van der Waals surface area contributed by atoms with Gasteiger partial charge in [0.2, 0.25) is 0 Å². The van der Waals surface area contributed by atoms with E-state index in [4.69, 9.17) is 21.7 Å². The van der Waals surface area contributed by atoms with Gasteiger partial charge in [0.05, 0.1) is 9.88 Å². The van der Waals surface area contributed by atoms with Crippen LogP contribution in [0.25, 0.3) is 0 Å². The molecule has 0 radical (unpaired) electrons. The molecule has 0 bridgehead atoms. The summed E-state index contributed by atoms with van der Waals surface area (Å²) in [6.07, 6.45) is 2.31. The van der Waals surface area contributed by atoms with Gasteiger partial charge in [-0.15, -0.1) is 12.6 Å². The summed E-state index contributed by atoms with van der Waals surface area (Å²) in [5.41, 5.74) is 1.87. The summed E-state index contributed by atoms with van der Waals surface area (Å²) in [6, 6.07) is 13.6. The van der Waals surface area contributed by atoms with Crippen LogP contribution in [0.15, 0.2) is 47.4 Å². The van der Waals surface area contributed by atoms with Gasteiger partial charge in [-0.2, -0.15) is 0 Å². The number of ether oxygens (including phenoxy) is 2. The number of carbonyl (C=O) groups is 1. The van der Waals surface area contributed by atoms with Crippen LogP contribution in [0.2, 0.25) is 0 Å². The van der Waals surface area contributed by atoms with Gasteiger partial charge in [0.25, 0.3) is 6.47 Å². The van der Waals surface area contributed by atoms with Gasteiger partial charge in [-0.05, 0) is 37.1 Å². The maximum absolute atomic E-state index is 10.3. The molecule has 0 saturated carbocycles. The third-order valence-electron chi connectivity index (χ3n) is 4.02. The van der Waals surface area contributed by atoms with Crippen molar-refractivity contribution < 1.29 is 14.3 Å². The zero-order chi connectivity index (χ0) is 18.4. The summed E-state index contributed by atoms with van der Waals surface area (Å²) in [5.74, 6) is 1.71. The maximum Gasteiger partial charge on any atom is 0.293 e. The lowest BCUT2D eigenvalue weighted by molar-refractivity contribution is -0.126. The standard InChI is InChI=1S/C19H19NO3S3/c21-12-22-13-26-19(25)14-10-16(20-8-4-5-9-20)18(17(24)11-14)23-15-6-2-1-3-7-15/h1-3,6-7,10-12,24H,4-5,8-9,13H2. The number of hydrogen-bond donors (Lipinski definition) is 1. The van der Waals surface area contributed by atoms with Gasteiger partial charge >= 0.3 is 0 Å². The Labute approximate surface area is 168 Å². The lowest BCUT2D eigenvalue weighted by Crippen LogP contribution is -2.19. The highest BCUT2D eigenvalue weighted by atomic mass is 32.2. The van der Waals surface area contributed by atoms with E-state index < -0.39 is 0 Å². The van der Waals surface area contributed by atoms with Crippen LogP contribution in [0.3, 0.4) is 0 Å². The quantitative estimate of drug-likeness (QED) is 0.232. The van der Waals surface area contributed by atoms with Crippen LogP contribution >= 0.6 is 36.6 Å². The van der Waals surface area contributed by atoms with Crippen molar-refractivity contribution in [3.8, 4) is 11.5 Å². The van der Waals surface area contributed by atoms with Crippen LogP contribution in [0, 0.1) is 0 Å². The van der Waals surface area contributed by atoms with E-state index in [2.05, 4.69) is 17.5 Å². The molecule has 1 aliphatic heterocycles. The monoisotopic (exact) mass is 405 g/mol. The summed E-state index contributed by atoms with van der Waals surface area (Å²) < 4.78 is 11.5. The van der Waals surface area contributed by atoms with E-state index in [1.807, 2.05) is 42.5 Å². The Bertz CT molecular complexity index is 777. The number of carbonyl (C=O) groups excluding carboxylic acids is 1. The molecule has 4 nitrogen and oxygen atoms in total. The molecule has 7 heteroatoms. The summed E-state index contributed by atoms with van der Waals surface area (Å²) >= 11 is 11.4. The number of nitrogens with zero attached hydrogens (tertiary/aromatic N) is 1. The number of thioether (sulfide) groups is 1. The maximum atomic E-state index is 10.3. The van der Waals surface area contributed by atoms with Crippen LogP contribution in [0.4, 0.5) is 5.69 Å². The predicted octanol–water partition coefficient (Wildman–Crippen LogP) is 4.91. The second-order valence-electron chi connectivity index (χ2n) is 5.77. The van der Waals surface area contributed by atoms with Crippen LogP contribution in [0.1, 0.15) is 18.4 Å². The van der Waals surface area contributed by atoms with Gasteiger partial charge in [0.15, 0.2) is 5.75 Å². The normalized spacial score (nSPS) is 13.5. The molecule has 26 heavy (non-hydrogen) atoms. The molecule has 0 aliphatic carbocycles. The molecule has 0 spiro atoms. The van der Waals surface area contributed by atoms with Crippen molar-refractivity contribution in [3.05, 3.63) is 48.0 Å². The molecule has 0 amide bonds. The largest absolute Gasteiger partial charge is 0.456 e. The van der Waals surface area contributed by atoms with E-state index >= 15 is 0 Å². The molecule has 1 saturated heterocycles. The first-order valence-electron chi connectivity index (χ1n) is 8.26. The Balaban J connectivity index is 1.92. The van der Waals surface area contributed by atoms with E-state index in [1.54, 1.807) is 0 Å². The molecule has 0 aromatic heterocycles. The van der Waals surface area contributed by atoms with Crippen molar-refractivity contribution in [2.24, 2.45) is 0 Å². The molecule has 1 heterocycles. The summed E-state index contributed by atoms with van der Waals surface area (Å²) in [6.45, 7) is 2.39. The second-order valence-corrected chi connectivity index (χ2v) is 7.85. The van der Waals surface area contributed by atoms with Crippen molar-refractivity contribution in [1.82, 2.24) is 0 Å². The number of thiocarbonyl (C=S) groups is 1. The number of para-hydroxylation sites is 1. The Morgan fingerprint density at radius 2 is 1.96 bits per heavy atom. The Kier molecular flexibility index (Phi) is 6.82. The molecular formula is C19H19NO3S3. The predicted molar refractivity (Wildman–Crippen MR) is 113 cm³/mol. The fraction of sp³-hybridized carbons (Fsp3) is 0.263. The number of anilines is 1. The Morgan fingerprint density at radius 3 is 2.65 bits per heavy atom. The Hall–Kier alpha value is -1.70. The molecule has 136 valence electrons. The summed E-state index contributed by atoms with van der Waals surface area (Å²) in [7, 11) is 0. The van der Waals surface area contributed by atoms with Crippen molar-refractivity contribution in [2.75, 3.05) is 23.9 Å². The number of rotatable bonds is 7. The molecular weight excluding hydrogens is 386 g/mol. The Morgan fingerprint density at radius 1 is 1.23 bits per heavy atom. The van der Waals surface area contributed by atoms with Gasteiger partial charge in [-0.3, -0.25) is 4.79 Å². The minimum absolute atomic E-state index is 0.200. The molecule has 2 aromatic rings. The minimum atomic E-state index is 0.200. The first-order chi connectivity index (χ1) is 12.7. The fourth-order valence-electron chi connectivity index (χ4n) is 2.82. The smallest absolute Gasteiger partial charge is 0.293 e. The van der Waals surface area contributed by atoms with Gasteiger partial charge in [0.1, 0.15) is 11.7 Å². The van der Waals surface area contributed by atoms with Gasteiger partial charge in [-0.25, -0.2) is 0 Å². The third-order valence-corrected chi connectivity index (χ3v) is 5.69. The average Bonchev–Trinajstić information content (AvgIpc) is 3.18. The van der Waals surface area contributed by atoms with Gasteiger partial charge < -0.3 is 14.4 Å². The molecule has 0 atom stereocenters. The highest BCUT2D eigenvalue weighted by molar-refractivity contribution is 8.23. The lowest BCUT2D eigenvalue weighted by atomic mass is 10.2. The molecule has 2 aromatic carbocycles. The van der Waals surface area contributed by atoms with Crippen molar-refractivity contribution in [1.29, 1.82) is 0 Å². The van der Waals surface area contributed by atoms with Gasteiger partial charge in [-0.1, -0.05) is 42.2 Å². The topological polar surface area (TPSA) is 38.8 Å². The van der Waals surface area contributed by atoms with E-state index in [0.717, 1.165) is 53.6 Å². The third kappa shape index (κ3) is 4.72. The van der Waals surface area contributed by atoms with Crippen molar-refractivity contribution in [2.45, 2.75) is 17.7 Å². The number of hydrogen-bond acceptors (Lipinski definition) is 7. The van der Waals surface area contributed by atoms with E-state index in [9.17, 15) is 4.79 Å². The van der Waals surface area contributed by atoms with Crippen LogP contribution in [-0.2, 0) is 9.53 Å². The van der Waals surface area contributed by atoms with Crippen molar-refractivity contribution in [3.63, 3.8) is 0 Å². The number of benzene rings is 2. The minimum Gasteiger partial charge on any atom is -0.456 e. The average molecular weight is 406 g/mol. The zero-order valence-corrected chi connectivity index (χ0v) is 16.6. The summed E-state index contributed by atoms with van der Waals surface area (Å²) in [5, 5.41) is 0. The first kappa shape index (κ1) is 19.1. The second kappa shape index (κ2) is 9.30. The van der Waals surface area contributed by atoms with E-state index in [-0.39, 0.29) is 5.94 Å². The molecule has 0 unspecified atom stereocenters. The lowest BCUT2D eigenvalue weighted by Gasteiger charge is -2.23. The molecule has 1 fully saturated rings. The van der Waals surface area contributed by atoms with E-state index in [0.29, 0.717) is 10.7 Å². The van der Waals surface area contributed by atoms with Crippen molar-refractivity contribution >= 4 is 53.0 Å².